The van der Waals surface area contributed by atoms with Crippen molar-refractivity contribution in [2.75, 3.05) is 6.61 Å². The minimum atomic E-state index is -0.334. The van der Waals surface area contributed by atoms with Crippen LogP contribution in [0.3, 0.4) is 0 Å². The van der Waals surface area contributed by atoms with Gasteiger partial charge >= 0.3 is 5.97 Å². The molecule has 0 aliphatic heterocycles. The van der Waals surface area contributed by atoms with Gasteiger partial charge in [0.05, 0.1) is 12.2 Å². The van der Waals surface area contributed by atoms with Crippen LogP contribution in [0, 0.1) is 17.9 Å². The summed E-state index contributed by atoms with van der Waals surface area (Å²) in [6.07, 6.45) is 4.79. The molecule has 1 aromatic rings. The van der Waals surface area contributed by atoms with Crippen LogP contribution in [0.5, 0.6) is 0 Å². The lowest BCUT2D eigenvalue weighted by molar-refractivity contribution is 0.0479. The second-order valence-electron chi connectivity index (χ2n) is 5.01. The molecule has 0 saturated heterocycles. The Balaban J connectivity index is 1.68. The fourth-order valence-electron chi connectivity index (χ4n) is 2.31. The van der Waals surface area contributed by atoms with Crippen molar-refractivity contribution in [1.29, 1.82) is 0 Å². The molecule has 18 heavy (non-hydrogen) atoms. The predicted octanol–water partition coefficient (Wildman–Crippen LogP) is 4.12. The number of hydrogen-bond acceptors (Lipinski definition) is 2. The van der Waals surface area contributed by atoms with Gasteiger partial charge in [0.15, 0.2) is 0 Å². The van der Waals surface area contributed by atoms with Crippen LogP contribution in [0.4, 0.5) is 0 Å². The molecule has 2 unspecified atom stereocenters. The highest BCUT2D eigenvalue weighted by atomic mass is 35.5. The molecule has 2 atom stereocenters. The van der Waals surface area contributed by atoms with E-state index in [0.29, 0.717) is 17.2 Å². The maximum absolute atomic E-state index is 11.7. The van der Waals surface area contributed by atoms with Gasteiger partial charge in [-0.05, 0) is 49.3 Å². The topological polar surface area (TPSA) is 26.3 Å². The molecule has 1 radical (unpaired) electrons. The predicted molar refractivity (Wildman–Crippen MR) is 71.7 cm³/mol. The Labute approximate surface area is 113 Å². The number of hydrogen-bond donors (Lipinski definition) is 0. The van der Waals surface area contributed by atoms with Crippen molar-refractivity contribution in [2.45, 2.75) is 32.6 Å². The Morgan fingerprint density at radius 2 is 2.39 bits per heavy atom. The lowest BCUT2D eigenvalue weighted by atomic mass is 9.73. The number of rotatable bonds is 5. The van der Waals surface area contributed by atoms with E-state index in [-0.39, 0.29) is 5.97 Å². The highest BCUT2D eigenvalue weighted by molar-refractivity contribution is 6.30. The zero-order valence-corrected chi connectivity index (χ0v) is 11.4. The molecular weight excluding hydrogens is 248 g/mol. The summed E-state index contributed by atoms with van der Waals surface area (Å²) >= 11 is 5.81. The number of esters is 1. The summed E-state index contributed by atoms with van der Waals surface area (Å²) in [7, 11) is 0. The van der Waals surface area contributed by atoms with Crippen molar-refractivity contribution >= 4 is 17.6 Å². The molecule has 0 heterocycles. The van der Waals surface area contributed by atoms with E-state index in [2.05, 4.69) is 13.0 Å². The largest absolute Gasteiger partial charge is 0.462 e. The zero-order valence-electron chi connectivity index (χ0n) is 10.6. The monoisotopic (exact) mass is 265 g/mol. The van der Waals surface area contributed by atoms with Crippen LogP contribution in [0.2, 0.25) is 5.02 Å². The standard InChI is InChI=1S/C15H18ClO2/c1-11-7-8-12(11)5-3-9-18-15(17)13-4-2-6-14(16)10-13/h2,6,10-12H,3,5,7-9H2,1H3. The first kappa shape index (κ1) is 13.4. The first-order chi connectivity index (χ1) is 8.66. The molecule has 1 aliphatic carbocycles. The Morgan fingerprint density at radius 3 is 3.00 bits per heavy atom. The van der Waals surface area contributed by atoms with Crippen LogP contribution in [0.1, 0.15) is 43.0 Å². The second kappa shape index (κ2) is 6.24. The molecule has 1 fully saturated rings. The number of ether oxygens (including phenoxy) is 1. The molecule has 2 nitrogen and oxygen atoms in total. The second-order valence-corrected chi connectivity index (χ2v) is 5.45. The number of carbonyl (C=O) groups is 1. The van der Waals surface area contributed by atoms with Crippen molar-refractivity contribution in [3.63, 3.8) is 0 Å². The summed E-state index contributed by atoms with van der Waals surface area (Å²) in [4.78, 5) is 11.7. The van der Waals surface area contributed by atoms with Crippen molar-refractivity contribution in [2.24, 2.45) is 11.8 Å². The van der Waals surface area contributed by atoms with E-state index in [1.54, 1.807) is 18.2 Å². The van der Waals surface area contributed by atoms with Gasteiger partial charge in [0.1, 0.15) is 0 Å². The molecule has 0 aromatic heterocycles. The Morgan fingerprint density at radius 1 is 1.56 bits per heavy atom. The van der Waals surface area contributed by atoms with E-state index in [1.807, 2.05) is 0 Å². The van der Waals surface area contributed by atoms with Gasteiger partial charge in [0.2, 0.25) is 0 Å². The fourth-order valence-corrected chi connectivity index (χ4v) is 2.48. The Kier molecular flexibility index (Phi) is 4.65. The van der Waals surface area contributed by atoms with E-state index < -0.39 is 0 Å². The summed E-state index contributed by atoms with van der Waals surface area (Å²) < 4.78 is 5.21. The number of carbonyl (C=O) groups excluding carboxylic acids is 1. The fraction of sp³-hybridized carbons (Fsp3) is 0.533. The molecule has 0 N–H and O–H groups in total. The molecule has 1 saturated carbocycles. The molecule has 0 bridgehead atoms. The highest BCUT2D eigenvalue weighted by Gasteiger charge is 2.25. The van der Waals surface area contributed by atoms with Gasteiger partial charge < -0.3 is 4.74 Å². The Bertz CT molecular complexity index is 417. The molecule has 97 valence electrons. The molecule has 1 aliphatic rings. The zero-order chi connectivity index (χ0) is 13.0. The van der Waals surface area contributed by atoms with Crippen LogP contribution in [0.25, 0.3) is 0 Å². The van der Waals surface area contributed by atoms with Crippen molar-refractivity contribution in [3.8, 4) is 0 Å². The van der Waals surface area contributed by atoms with Gasteiger partial charge in [-0.25, -0.2) is 4.79 Å². The first-order valence-corrected chi connectivity index (χ1v) is 6.89. The van der Waals surface area contributed by atoms with E-state index in [4.69, 9.17) is 16.3 Å². The molecule has 1 aromatic carbocycles. The normalized spacial score (nSPS) is 22.3. The molecule has 2 rings (SSSR count). The average Bonchev–Trinajstić information content (AvgIpc) is 2.36. The summed E-state index contributed by atoms with van der Waals surface area (Å²) in [5, 5.41) is 0.531. The third kappa shape index (κ3) is 3.49. The van der Waals surface area contributed by atoms with E-state index >= 15 is 0 Å². The SMILES string of the molecule is CC1CCC1CCCOC(=O)c1[c]ccc(Cl)c1. The smallest absolute Gasteiger partial charge is 0.338 e. The summed E-state index contributed by atoms with van der Waals surface area (Å²) in [5.74, 6) is 1.35. The van der Waals surface area contributed by atoms with Gasteiger partial charge in [-0.2, -0.15) is 0 Å². The van der Waals surface area contributed by atoms with Gasteiger partial charge in [0, 0.05) is 5.02 Å². The van der Waals surface area contributed by atoms with Crippen molar-refractivity contribution in [1.82, 2.24) is 0 Å². The minimum Gasteiger partial charge on any atom is -0.462 e. The van der Waals surface area contributed by atoms with E-state index in [1.165, 1.54) is 12.8 Å². The molecule has 3 heteroatoms. The van der Waals surface area contributed by atoms with E-state index in [0.717, 1.165) is 24.7 Å². The minimum absolute atomic E-state index is 0.334. The van der Waals surface area contributed by atoms with Crippen LogP contribution >= 0.6 is 11.6 Å². The third-order valence-corrected chi connectivity index (χ3v) is 3.97. The Hall–Kier alpha value is -1.02. The summed E-state index contributed by atoms with van der Waals surface area (Å²) in [5.41, 5.74) is 0.402. The maximum atomic E-state index is 11.7. The van der Waals surface area contributed by atoms with Crippen LogP contribution in [-0.4, -0.2) is 12.6 Å². The van der Waals surface area contributed by atoms with Gasteiger partial charge in [0.25, 0.3) is 0 Å². The van der Waals surface area contributed by atoms with Crippen molar-refractivity contribution < 1.29 is 9.53 Å². The van der Waals surface area contributed by atoms with E-state index in [9.17, 15) is 4.79 Å². The van der Waals surface area contributed by atoms with Gasteiger partial charge in [-0.3, -0.25) is 0 Å². The third-order valence-electron chi connectivity index (χ3n) is 3.73. The van der Waals surface area contributed by atoms with Crippen LogP contribution in [-0.2, 0) is 4.74 Å². The lowest BCUT2D eigenvalue weighted by Crippen LogP contribution is -2.23. The highest BCUT2D eigenvalue weighted by Crippen LogP contribution is 2.36. The lowest BCUT2D eigenvalue weighted by Gasteiger charge is -2.33. The summed E-state index contributed by atoms with van der Waals surface area (Å²) in [6, 6.07) is 7.74. The van der Waals surface area contributed by atoms with Crippen LogP contribution in [0.15, 0.2) is 18.2 Å². The van der Waals surface area contributed by atoms with Crippen LogP contribution < -0.4 is 0 Å². The first-order valence-electron chi connectivity index (χ1n) is 6.51. The maximum Gasteiger partial charge on any atom is 0.338 e. The number of halogens is 1. The summed E-state index contributed by atoms with van der Waals surface area (Å²) in [6.45, 7) is 2.78. The van der Waals surface area contributed by atoms with Crippen molar-refractivity contribution in [3.05, 3.63) is 34.9 Å². The average molecular weight is 266 g/mol. The van der Waals surface area contributed by atoms with Gasteiger partial charge in [-0.15, -0.1) is 0 Å². The molecule has 0 spiro atoms. The van der Waals surface area contributed by atoms with Gasteiger partial charge in [-0.1, -0.05) is 31.0 Å². The quantitative estimate of drug-likeness (QED) is 0.591. The number of benzene rings is 1. The molecule has 0 amide bonds. The molecular formula is C15H18ClO2.